The molecule has 0 saturated heterocycles. The van der Waals surface area contributed by atoms with E-state index in [1.807, 2.05) is 36.5 Å². The van der Waals surface area contributed by atoms with Crippen LogP contribution in [-0.4, -0.2) is 22.7 Å². The van der Waals surface area contributed by atoms with Crippen LogP contribution in [0.5, 0.6) is 5.88 Å². The molecular weight excluding hydrogens is 435 g/mol. The number of hydrogen-bond acceptors (Lipinski definition) is 3. The Labute approximate surface area is 213 Å². The minimum Gasteiger partial charge on any atom is -0.474 e. The summed E-state index contributed by atoms with van der Waals surface area (Å²) in [5.74, 6) is 2.23. The second-order valence-corrected chi connectivity index (χ2v) is 10.5. The summed E-state index contributed by atoms with van der Waals surface area (Å²) in [4.78, 5) is 9.30. The maximum absolute atomic E-state index is 14.5. The largest absolute Gasteiger partial charge is 0.474 e. The summed E-state index contributed by atoms with van der Waals surface area (Å²) in [5, 5.41) is 0. The lowest BCUT2D eigenvalue weighted by Gasteiger charge is -2.14. The lowest BCUT2D eigenvalue weighted by atomic mass is 9.99. The van der Waals surface area contributed by atoms with E-state index in [-0.39, 0.29) is 6.61 Å². The molecule has 1 saturated carbocycles. The monoisotopic (exact) mass is 482 g/mol. The molecule has 1 unspecified atom stereocenters. The highest BCUT2D eigenvalue weighted by Gasteiger charge is 2.15. The molecule has 0 amide bonds. The van der Waals surface area contributed by atoms with Gasteiger partial charge in [0.1, 0.15) is 12.8 Å². The number of hydrogen-bond donors (Lipinski definition) is 0. The molecule has 2 aromatic rings. The third kappa shape index (κ3) is 10.7. The highest BCUT2D eigenvalue weighted by atomic mass is 19.1. The van der Waals surface area contributed by atoms with Gasteiger partial charge in [-0.2, -0.15) is 4.98 Å². The third-order valence-corrected chi connectivity index (χ3v) is 7.41. The van der Waals surface area contributed by atoms with Crippen LogP contribution in [0.25, 0.3) is 11.4 Å². The quantitative estimate of drug-likeness (QED) is 0.199. The number of unbranched alkanes of at least 4 members (excludes halogenated alkanes) is 8. The number of benzene rings is 1. The molecule has 0 aliphatic heterocycles. The summed E-state index contributed by atoms with van der Waals surface area (Å²) >= 11 is 0. The zero-order chi connectivity index (χ0) is 24.6. The van der Waals surface area contributed by atoms with Crippen LogP contribution in [0.2, 0.25) is 0 Å². The van der Waals surface area contributed by atoms with E-state index >= 15 is 0 Å². The second-order valence-electron chi connectivity index (χ2n) is 10.5. The fourth-order valence-corrected chi connectivity index (χ4v) is 5.21. The highest BCUT2D eigenvalue weighted by Crippen LogP contribution is 2.29. The predicted octanol–water partition coefficient (Wildman–Crippen LogP) is 9.29. The van der Waals surface area contributed by atoms with Crippen LogP contribution in [0, 0.1) is 5.92 Å². The van der Waals surface area contributed by atoms with Gasteiger partial charge in [0.15, 0.2) is 5.82 Å². The van der Waals surface area contributed by atoms with E-state index in [1.165, 1.54) is 77.0 Å². The number of alkyl halides is 1. The molecule has 1 aromatic carbocycles. The minimum atomic E-state index is -0.945. The summed E-state index contributed by atoms with van der Waals surface area (Å²) in [5.41, 5.74) is 1.96. The molecule has 1 aromatic heterocycles. The Balaban J connectivity index is 1.44. The van der Waals surface area contributed by atoms with Crippen molar-refractivity contribution in [3.63, 3.8) is 0 Å². The van der Waals surface area contributed by atoms with E-state index in [9.17, 15) is 4.39 Å². The molecule has 0 spiro atoms. The van der Waals surface area contributed by atoms with Crippen molar-refractivity contribution in [2.45, 2.75) is 122 Å². The predicted molar refractivity (Wildman–Crippen MR) is 145 cm³/mol. The molecule has 35 heavy (non-hydrogen) atoms. The topological polar surface area (TPSA) is 35.0 Å². The number of aryl methyl sites for hydroxylation is 1. The Morgan fingerprint density at radius 2 is 1.63 bits per heavy atom. The Morgan fingerprint density at radius 3 is 2.40 bits per heavy atom. The van der Waals surface area contributed by atoms with Crippen molar-refractivity contribution in [2.24, 2.45) is 5.92 Å². The minimum absolute atomic E-state index is 0.0748. The molecule has 1 atom stereocenters. The Kier molecular flexibility index (Phi) is 13.1. The lowest BCUT2D eigenvalue weighted by Crippen LogP contribution is -2.15. The maximum Gasteiger partial charge on any atom is 0.220 e. The molecule has 1 aliphatic rings. The van der Waals surface area contributed by atoms with E-state index in [4.69, 9.17) is 9.72 Å². The molecule has 1 heterocycles. The summed E-state index contributed by atoms with van der Waals surface area (Å²) in [6, 6.07) is 9.94. The van der Waals surface area contributed by atoms with Crippen LogP contribution >= 0.6 is 0 Å². The van der Waals surface area contributed by atoms with Crippen LogP contribution in [0.4, 0.5) is 4.39 Å². The van der Waals surface area contributed by atoms with E-state index < -0.39 is 6.17 Å². The second kappa shape index (κ2) is 16.7. The zero-order valence-corrected chi connectivity index (χ0v) is 22.0. The van der Waals surface area contributed by atoms with Crippen LogP contribution in [0.3, 0.4) is 0 Å². The Bertz CT molecular complexity index is 807. The smallest absolute Gasteiger partial charge is 0.220 e. The first-order valence-electron chi connectivity index (χ1n) is 14.4. The Hall–Kier alpha value is -1.97. The van der Waals surface area contributed by atoms with Crippen LogP contribution < -0.4 is 4.74 Å². The van der Waals surface area contributed by atoms with Gasteiger partial charge in [-0.3, -0.25) is 0 Å². The van der Waals surface area contributed by atoms with Gasteiger partial charge in [-0.05, 0) is 25.2 Å². The number of aromatic nitrogens is 2. The van der Waals surface area contributed by atoms with Crippen molar-refractivity contribution in [3.8, 4) is 17.3 Å². The van der Waals surface area contributed by atoms with Gasteiger partial charge in [0.2, 0.25) is 5.88 Å². The van der Waals surface area contributed by atoms with Gasteiger partial charge in [-0.25, -0.2) is 9.37 Å². The van der Waals surface area contributed by atoms with Gasteiger partial charge in [0.25, 0.3) is 0 Å². The molecule has 3 rings (SSSR count). The first-order valence-corrected chi connectivity index (χ1v) is 14.4. The molecule has 0 bridgehead atoms. The van der Waals surface area contributed by atoms with Crippen molar-refractivity contribution in [2.75, 3.05) is 6.61 Å². The standard InChI is InChI=1S/C31H47FN2O/c1-2-3-4-14-23-29(32)25-35-31-28(24-33-30(34-31)27-20-12-9-13-21-27)22-11-8-6-5-7-10-17-26-18-15-16-19-26/h9,12-13,20-21,24,26,29H,2-8,10-11,14-19,22-23,25H2,1H3. The van der Waals surface area contributed by atoms with Crippen molar-refractivity contribution in [3.05, 3.63) is 42.1 Å². The van der Waals surface area contributed by atoms with Gasteiger partial charge < -0.3 is 4.74 Å². The van der Waals surface area contributed by atoms with Crippen LogP contribution in [0.15, 0.2) is 36.5 Å². The van der Waals surface area contributed by atoms with Gasteiger partial charge in [0, 0.05) is 17.3 Å². The summed E-state index contributed by atoms with van der Waals surface area (Å²) in [6.07, 6.45) is 21.8. The molecule has 1 aliphatic carbocycles. The fourth-order valence-electron chi connectivity index (χ4n) is 5.21. The van der Waals surface area contributed by atoms with Gasteiger partial charge in [-0.15, -0.1) is 0 Å². The van der Waals surface area contributed by atoms with E-state index in [0.29, 0.717) is 18.1 Å². The van der Waals surface area contributed by atoms with Crippen molar-refractivity contribution >= 4 is 0 Å². The molecule has 0 radical (unpaired) electrons. The Morgan fingerprint density at radius 1 is 0.914 bits per heavy atom. The van der Waals surface area contributed by atoms with Crippen LogP contribution in [-0.2, 0) is 6.42 Å². The summed E-state index contributed by atoms with van der Waals surface area (Å²) in [6.45, 7) is 2.25. The average molecular weight is 483 g/mol. The van der Waals surface area contributed by atoms with Crippen molar-refractivity contribution in [1.29, 1.82) is 0 Å². The fraction of sp³-hybridized carbons (Fsp3) is 0.677. The van der Waals surface area contributed by atoms with E-state index in [2.05, 4.69) is 11.9 Å². The number of rotatable bonds is 18. The third-order valence-electron chi connectivity index (χ3n) is 7.41. The first kappa shape index (κ1) is 27.6. The highest BCUT2D eigenvalue weighted by molar-refractivity contribution is 5.55. The van der Waals surface area contributed by atoms with Gasteiger partial charge >= 0.3 is 0 Å². The van der Waals surface area contributed by atoms with Crippen molar-refractivity contribution < 1.29 is 9.13 Å². The summed E-state index contributed by atoms with van der Waals surface area (Å²) in [7, 11) is 0. The van der Waals surface area contributed by atoms with Gasteiger partial charge in [0.05, 0.1) is 0 Å². The zero-order valence-electron chi connectivity index (χ0n) is 22.0. The number of ether oxygens (including phenoxy) is 1. The molecular formula is C31H47FN2O. The number of nitrogens with zero attached hydrogens (tertiary/aromatic N) is 2. The molecule has 1 fully saturated rings. The molecule has 4 heteroatoms. The molecule has 0 N–H and O–H groups in total. The van der Waals surface area contributed by atoms with Crippen LogP contribution in [0.1, 0.15) is 115 Å². The molecule has 194 valence electrons. The normalized spacial score (nSPS) is 14.9. The number of halogens is 1. The maximum atomic E-state index is 14.5. The lowest BCUT2D eigenvalue weighted by molar-refractivity contribution is 0.177. The van der Waals surface area contributed by atoms with E-state index in [1.54, 1.807) is 0 Å². The summed E-state index contributed by atoms with van der Waals surface area (Å²) < 4.78 is 20.4. The first-order chi connectivity index (χ1) is 17.3. The average Bonchev–Trinajstić information content (AvgIpc) is 3.41. The van der Waals surface area contributed by atoms with E-state index in [0.717, 1.165) is 42.7 Å². The molecule has 3 nitrogen and oxygen atoms in total. The van der Waals surface area contributed by atoms with Crippen molar-refractivity contribution in [1.82, 2.24) is 9.97 Å². The SMILES string of the molecule is CCCCCCC(F)COc1nc(-c2ccccc2)ncc1CCCCCCCCC1CCCC1. The van der Waals surface area contributed by atoms with Gasteiger partial charge in [-0.1, -0.05) is 127 Å².